The van der Waals surface area contributed by atoms with E-state index in [1.807, 2.05) is 29.2 Å². The van der Waals surface area contributed by atoms with Crippen LogP contribution in [0.1, 0.15) is 22.8 Å². The van der Waals surface area contributed by atoms with Crippen molar-refractivity contribution in [3.8, 4) is 0 Å². The van der Waals surface area contributed by atoms with Gasteiger partial charge in [0.15, 0.2) is 0 Å². The molecule has 0 atom stereocenters. The maximum absolute atomic E-state index is 12.6. The van der Waals surface area contributed by atoms with E-state index in [4.69, 9.17) is 5.73 Å². The van der Waals surface area contributed by atoms with Crippen LogP contribution in [0.15, 0.2) is 24.3 Å². The lowest BCUT2D eigenvalue weighted by Crippen LogP contribution is -2.50. The molecule has 1 aliphatic rings. The Morgan fingerprint density at radius 3 is 2.30 bits per heavy atom. The first-order valence-electron chi connectivity index (χ1n) is 6.96. The van der Waals surface area contributed by atoms with E-state index in [0.29, 0.717) is 39.1 Å². The number of hydrogen-bond donors (Lipinski definition) is 1. The molecule has 1 aromatic carbocycles. The Morgan fingerprint density at radius 1 is 1.10 bits per heavy atom. The van der Waals surface area contributed by atoms with Crippen LogP contribution in [0, 0.1) is 0 Å². The first-order valence-corrected chi connectivity index (χ1v) is 6.96. The number of rotatable bonds is 3. The highest BCUT2D eigenvalue weighted by molar-refractivity contribution is 5.95. The third kappa shape index (κ3) is 3.17. The van der Waals surface area contributed by atoms with Crippen LogP contribution in [0.5, 0.6) is 0 Å². The van der Waals surface area contributed by atoms with Crippen molar-refractivity contribution in [2.45, 2.75) is 13.3 Å². The largest absolute Gasteiger partial charge is 0.339 e. The van der Waals surface area contributed by atoms with Gasteiger partial charge in [0.25, 0.3) is 5.91 Å². The summed E-state index contributed by atoms with van der Waals surface area (Å²) in [5, 5.41) is 0. The van der Waals surface area contributed by atoms with E-state index in [0.717, 1.165) is 11.1 Å². The molecule has 0 unspecified atom stereocenters. The van der Waals surface area contributed by atoms with E-state index < -0.39 is 0 Å². The van der Waals surface area contributed by atoms with Crippen molar-refractivity contribution in [2.75, 3.05) is 32.7 Å². The first kappa shape index (κ1) is 14.5. The topological polar surface area (TPSA) is 66.6 Å². The van der Waals surface area contributed by atoms with Gasteiger partial charge in [-0.1, -0.05) is 18.2 Å². The second kappa shape index (κ2) is 6.52. The molecule has 2 rings (SSSR count). The first-order chi connectivity index (χ1) is 9.63. The van der Waals surface area contributed by atoms with Crippen LogP contribution in [0.2, 0.25) is 0 Å². The molecule has 0 saturated carbocycles. The van der Waals surface area contributed by atoms with Gasteiger partial charge in [-0.25, -0.2) is 0 Å². The Hall–Kier alpha value is -1.88. The lowest BCUT2D eigenvalue weighted by molar-refractivity contribution is -0.130. The predicted molar refractivity (Wildman–Crippen MR) is 77.4 cm³/mol. The van der Waals surface area contributed by atoms with Crippen molar-refractivity contribution < 1.29 is 9.59 Å². The lowest BCUT2D eigenvalue weighted by Gasteiger charge is -2.34. The Kier molecular flexibility index (Phi) is 4.74. The number of carbonyl (C=O) groups excluding carboxylic acids is 2. The van der Waals surface area contributed by atoms with Crippen LogP contribution in [0.3, 0.4) is 0 Å². The maximum atomic E-state index is 12.6. The molecule has 1 saturated heterocycles. The van der Waals surface area contributed by atoms with E-state index in [1.165, 1.54) is 0 Å². The number of nitrogens with zero attached hydrogens (tertiary/aromatic N) is 2. The molecule has 1 aromatic rings. The summed E-state index contributed by atoms with van der Waals surface area (Å²) in [5.41, 5.74) is 7.32. The van der Waals surface area contributed by atoms with Gasteiger partial charge in [-0.2, -0.15) is 0 Å². The van der Waals surface area contributed by atoms with Crippen molar-refractivity contribution in [3.05, 3.63) is 35.4 Å². The Bertz CT molecular complexity index is 494. The summed E-state index contributed by atoms with van der Waals surface area (Å²) in [4.78, 5) is 27.4. The lowest BCUT2D eigenvalue weighted by atomic mass is 10.0. The molecule has 20 heavy (non-hydrogen) atoms. The zero-order valence-corrected chi connectivity index (χ0v) is 11.8. The summed E-state index contributed by atoms with van der Waals surface area (Å²) in [5.74, 6) is 0.109. The van der Waals surface area contributed by atoms with E-state index in [9.17, 15) is 9.59 Å². The molecular weight excluding hydrogens is 254 g/mol. The Labute approximate surface area is 119 Å². The van der Waals surface area contributed by atoms with Crippen molar-refractivity contribution >= 4 is 11.8 Å². The number of hydrogen-bond acceptors (Lipinski definition) is 3. The molecule has 5 heteroatoms. The smallest absolute Gasteiger partial charge is 0.254 e. The minimum Gasteiger partial charge on any atom is -0.339 e. The molecule has 5 nitrogen and oxygen atoms in total. The summed E-state index contributed by atoms with van der Waals surface area (Å²) in [6.07, 6.45) is 0.704. The molecule has 1 fully saturated rings. The maximum Gasteiger partial charge on any atom is 0.254 e. The standard InChI is InChI=1S/C15H21N3O2/c1-12(19)17-8-10-18(11-9-17)15(20)14-5-3-2-4-13(14)6-7-16/h2-5H,6-11,16H2,1H3. The summed E-state index contributed by atoms with van der Waals surface area (Å²) in [6.45, 7) is 4.50. The highest BCUT2D eigenvalue weighted by Crippen LogP contribution is 2.14. The molecule has 2 N–H and O–H groups in total. The van der Waals surface area contributed by atoms with Gasteiger partial charge in [0, 0.05) is 38.7 Å². The number of piperazine rings is 1. The van der Waals surface area contributed by atoms with Gasteiger partial charge in [0.2, 0.25) is 5.91 Å². The van der Waals surface area contributed by atoms with Crippen LogP contribution < -0.4 is 5.73 Å². The normalized spacial score (nSPS) is 15.3. The SMILES string of the molecule is CC(=O)N1CCN(C(=O)c2ccccc2CCN)CC1. The molecule has 0 aliphatic carbocycles. The average Bonchev–Trinajstić information content (AvgIpc) is 2.47. The van der Waals surface area contributed by atoms with Gasteiger partial charge in [0.05, 0.1) is 0 Å². The van der Waals surface area contributed by atoms with Gasteiger partial charge in [-0.15, -0.1) is 0 Å². The van der Waals surface area contributed by atoms with E-state index in [2.05, 4.69) is 0 Å². The van der Waals surface area contributed by atoms with Gasteiger partial charge >= 0.3 is 0 Å². The highest BCUT2D eigenvalue weighted by atomic mass is 16.2. The molecule has 1 heterocycles. The molecule has 0 aromatic heterocycles. The molecule has 108 valence electrons. The van der Waals surface area contributed by atoms with Gasteiger partial charge in [-0.05, 0) is 24.6 Å². The second-order valence-corrected chi connectivity index (χ2v) is 4.99. The molecule has 0 radical (unpaired) electrons. The van der Waals surface area contributed by atoms with Gasteiger partial charge in [-0.3, -0.25) is 9.59 Å². The molecule has 2 amide bonds. The monoisotopic (exact) mass is 275 g/mol. The fourth-order valence-corrected chi connectivity index (χ4v) is 2.50. The zero-order valence-electron chi connectivity index (χ0n) is 11.8. The number of carbonyl (C=O) groups is 2. The van der Waals surface area contributed by atoms with E-state index in [-0.39, 0.29) is 11.8 Å². The van der Waals surface area contributed by atoms with E-state index in [1.54, 1.807) is 11.8 Å². The summed E-state index contributed by atoms with van der Waals surface area (Å²) >= 11 is 0. The zero-order chi connectivity index (χ0) is 14.5. The molecule has 0 bridgehead atoms. The van der Waals surface area contributed by atoms with Crippen molar-refractivity contribution in [1.29, 1.82) is 0 Å². The van der Waals surface area contributed by atoms with Crippen LogP contribution in [0.25, 0.3) is 0 Å². The molecule has 0 spiro atoms. The van der Waals surface area contributed by atoms with Crippen molar-refractivity contribution in [3.63, 3.8) is 0 Å². The fourth-order valence-electron chi connectivity index (χ4n) is 2.50. The minimum atomic E-state index is 0.0391. The van der Waals surface area contributed by atoms with Crippen LogP contribution in [0.4, 0.5) is 0 Å². The predicted octanol–water partition coefficient (Wildman–Crippen LogP) is 0.492. The number of nitrogens with two attached hydrogens (primary N) is 1. The summed E-state index contributed by atoms with van der Waals surface area (Å²) in [7, 11) is 0. The van der Waals surface area contributed by atoms with Crippen molar-refractivity contribution in [1.82, 2.24) is 9.80 Å². The molecule has 1 aliphatic heterocycles. The minimum absolute atomic E-state index is 0.0391. The van der Waals surface area contributed by atoms with Gasteiger partial charge in [0.1, 0.15) is 0 Å². The average molecular weight is 275 g/mol. The quantitative estimate of drug-likeness (QED) is 0.873. The fraction of sp³-hybridized carbons (Fsp3) is 0.467. The van der Waals surface area contributed by atoms with Crippen LogP contribution in [-0.2, 0) is 11.2 Å². The van der Waals surface area contributed by atoms with Crippen molar-refractivity contribution in [2.24, 2.45) is 5.73 Å². The van der Waals surface area contributed by atoms with E-state index >= 15 is 0 Å². The Morgan fingerprint density at radius 2 is 1.70 bits per heavy atom. The Balaban J connectivity index is 2.07. The number of benzene rings is 1. The number of amides is 2. The molecular formula is C15H21N3O2. The van der Waals surface area contributed by atoms with Gasteiger partial charge < -0.3 is 15.5 Å². The highest BCUT2D eigenvalue weighted by Gasteiger charge is 2.24. The third-order valence-corrected chi connectivity index (χ3v) is 3.67. The summed E-state index contributed by atoms with van der Waals surface area (Å²) in [6, 6.07) is 7.60. The second-order valence-electron chi connectivity index (χ2n) is 4.99. The van der Waals surface area contributed by atoms with Crippen LogP contribution >= 0.6 is 0 Å². The summed E-state index contributed by atoms with van der Waals surface area (Å²) < 4.78 is 0. The third-order valence-electron chi connectivity index (χ3n) is 3.67. The van der Waals surface area contributed by atoms with Crippen LogP contribution in [-0.4, -0.2) is 54.3 Å².